The number of nitrogens with zero attached hydrogens (tertiary/aromatic N) is 1. The van der Waals surface area contributed by atoms with Crippen LogP contribution in [0.1, 0.15) is 0 Å². The summed E-state index contributed by atoms with van der Waals surface area (Å²) in [4.78, 5) is 4.03. The molecule has 15 heavy (non-hydrogen) atoms. The molecule has 0 atom stereocenters. The fourth-order valence-electron chi connectivity index (χ4n) is 1.67. The summed E-state index contributed by atoms with van der Waals surface area (Å²) in [5, 5.41) is 3.45. The lowest BCUT2D eigenvalue weighted by atomic mass is 10.1. The van der Waals surface area contributed by atoms with Crippen LogP contribution in [0.4, 0.5) is 0 Å². The van der Waals surface area contributed by atoms with Gasteiger partial charge in [0.05, 0.1) is 0 Å². The highest BCUT2D eigenvalue weighted by Gasteiger charge is 2.04. The molecule has 0 bridgehead atoms. The summed E-state index contributed by atoms with van der Waals surface area (Å²) >= 11 is 1.73. The number of rotatable bonds is 1. The second-order valence-electron chi connectivity index (χ2n) is 3.30. The molecule has 0 saturated carbocycles. The van der Waals surface area contributed by atoms with E-state index in [0.717, 1.165) is 0 Å². The second-order valence-corrected chi connectivity index (χ2v) is 4.18. The van der Waals surface area contributed by atoms with Crippen molar-refractivity contribution in [2.24, 2.45) is 0 Å². The molecular weight excluding hydrogens is 202 g/mol. The number of pyridine rings is 1. The minimum Gasteiger partial charge on any atom is -0.265 e. The molecule has 0 saturated heterocycles. The molecule has 0 N–H and O–H groups in total. The molecule has 3 rings (SSSR count). The first-order valence-corrected chi connectivity index (χ1v) is 5.61. The zero-order chi connectivity index (χ0) is 10.1. The third-order valence-electron chi connectivity index (χ3n) is 2.39. The first kappa shape index (κ1) is 8.62. The lowest BCUT2D eigenvalue weighted by Crippen LogP contribution is -1.75. The van der Waals surface area contributed by atoms with Crippen molar-refractivity contribution in [1.29, 1.82) is 0 Å². The lowest BCUT2D eigenvalue weighted by molar-refractivity contribution is 1.33. The van der Waals surface area contributed by atoms with Gasteiger partial charge in [-0.3, -0.25) is 4.98 Å². The molecule has 0 spiro atoms. The molecule has 1 nitrogen and oxygen atoms in total. The van der Waals surface area contributed by atoms with E-state index in [1.807, 2.05) is 36.7 Å². The van der Waals surface area contributed by atoms with Crippen LogP contribution >= 0.6 is 11.3 Å². The van der Waals surface area contributed by atoms with Crippen LogP contribution in [0.15, 0.2) is 48.1 Å². The standard InChI is InChI=1S/C13H8NS/c1-2-4-13-11(3-1)12(9-15-13)10-5-7-14-8-6-10/h1-3,5-9H. The van der Waals surface area contributed by atoms with Gasteiger partial charge in [-0.05, 0) is 23.1 Å². The van der Waals surface area contributed by atoms with Gasteiger partial charge in [0, 0.05) is 34.1 Å². The predicted octanol–water partition coefficient (Wildman–Crippen LogP) is 3.76. The van der Waals surface area contributed by atoms with Gasteiger partial charge in [0.2, 0.25) is 0 Å². The molecular formula is C13H8NS. The molecule has 1 radical (unpaired) electrons. The Morgan fingerprint density at radius 2 is 2.00 bits per heavy atom. The van der Waals surface area contributed by atoms with E-state index < -0.39 is 0 Å². The Morgan fingerprint density at radius 3 is 2.87 bits per heavy atom. The fraction of sp³-hybridized carbons (Fsp3) is 0. The van der Waals surface area contributed by atoms with Gasteiger partial charge in [-0.1, -0.05) is 18.2 Å². The lowest BCUT2D eigenvalue weighted by Gasteiger charge is -1.97. The van der Waals surface area contributed by atoms with Crippen molar-refractivity contribution in [3.8, 4) is 11.1 Å². The van der Waals surface area contributed by atoms with Crippen molar-refractivity contribution in [2.75, 3.05) is 0 Å². The number of thiophene rings is 1. The molecule has 1 aromatic carbocycles. The molecule has 71 valence electrons. The summed E-state index contributed by atoms with van der Waals surface area (Å²) in [6.07, 6.45) is 3.65. The highest BCUT2D eigenvalue weighted by Crippen LogP contribution is 2.32. The average Bonchev–Trinajstić information content (AvgIpc) is 2.74. The molecule has 0 amide bonds. The number of aromatic nitrogens is 1. The van der Waals surface area contributed by atoms with Crippen molar-refractivity contribution >= 4 is 21.4 Å². The molecule has 0 aliphatic heterocycles. The molecule has 0 aliphatic carbocycles. The quantitative estimate of drug-likeness (QED) is 0.596. The summed E-state index contributed by atoms with van der Waals surface area (Å²) in [6, 6.07) is 13.4. The molecule has 0 unspecified atom stereocenters. The van der Waals surface area contributed by atoms with E-state index in [4.69, 9.17) is 0 Å². The van der Waals surface area contributed by atoms with Crippen molar-refractivity contribution in [3.63, 3.8) is 0 Å². The molecule has 2 heteroatoms. The van der Waals surface area contributed by atoms with Crippen LogP contribution in [-0.2, 0) is 0 Å². The Labute approximate surface area is 92.0 Å². The van der Waals surface area contributed by atoms with E-state index in [1.165, 1.54) is 21.2 Å². The van der Waals surface area contributed by atoms with Crippen molar-refractivity contribution in [3.05, 3.63) is 54.2 Å². The van der Waals surface area contributed by atoms with Crippen LogP contribution in [0.3, 0.4) is 0 Å². The summed E-state index contributed by atoms with van der Waals surface area (Å²) in [5.74, 6) is 0. The smallest absolute Gasteiger partial charge is 0.0428 e. The first-order valence-electron chi connectivity index (χ1n) is 4.73. The Morgan fingerprint density at radius 1 is 1.13 bits per heavy atom. The van der Waals surface area contributed by atoms with Gasteiger partial charge in [0.1, 0.15) is 0 Å². The third kappa shape index (κ3) is 1.43. The van der Waals surface area contributed by atoms with Crippen LogP contribution in [0.5, 0.6) is 0 Å². The van der Waals surface area contributed by atoms with Crippen molar-refractivity contribution in [1.82, 2.24) is 4.98 Å². The van der Waals surface area contributed by atoms with Crippen LogP contribution in [0, 0.1) is 6.07 Å². The molecule has 2 aromatic heterocycles. The zero-order valence-electron chi connectivity index (χ0n) is 7.97. The van der Waals surface area contributed by atoms with Crippen LogP contribution < -0.4 is 0 Å². The zero-order valence-corrected chi connectivity index (χ0v) is 8.79. The van der Waals surface area contributed by atoms with Crippen molar-refractivity contribution in [2.45, 2.75) is 0 Å². The predicted molar refractivity (Wildman–Crippen MR) is 63.9 cm³/mol. The number of benzene rings is 1. The fourth-order valence-corrected chi connectivity index (χ4v) is 2.61. The van der Waals surface area contributed by atoms with Crippen molar-refractivity contribution < 1.29 is 0 Å². The van der Waals surface area contributed by atoms with Crippen LogP contribution in [-0.4, -0.2) is 4.98 Å². The van der Waals surface area contributed by atoms with E-state index in [-0.39, 0.29) is 0 Å². The highest BCUT2D eigenvalue weighted by atomic mass is 32.1. The third-order valence-corrected chi connectivity index (χ3v) is 3.32. The number of fused-ring (bicyclic) bond motifs is 1. The van der Waals surface area contributed by atoms with E-state index in [9.17, 15) is 0 Å². The van der Waals surface area contributed by atoms with E-state index in [1.54, 1.807) is 11.3 Å². The maximum atomic E-state index is 4.03. The first-order chi connectivity index (χ1) is 7.45. The van der Waals surface area contributed by atoms with E-state index in [2.05, 4.69) is 22.5 Å². The monoisotopic (exact) mass is 210 g/mol. The van der Waals surface area contributed by atoms with E-state index in [0.29, 0.717) is 0 Å². The minimum atomic E-state index is 1.21. The van der Waals surface area contributed by atoms with Crippen LogP contribution in [0.2, 0.25) is 0 Å². The van der Waals surface area contributed by atoms with Gasteiger partial charge in [-0.2, -0.15) is 0 Å². The van der Waals surface area contributed by atoms with Gasteiger partial charge in [-0.15, -0.1) is 11.3 Å². The van der Waals surface area contributed by atoms with Gasteiger partial charge in [0.25, 0.3) is 0 Å². The normalized spacial score (nSPS) is 10.7. The Balaban J connectivity index is 2.28. The summed E-state index contributed by atoms with van der Waals surface area (Å²) < 4.78 is 1.21. The van der Waals surface area contributed by atoms with Gasteiger partial charge >= 0.3 is 0 Å². The van der Waals surface area contributed by atoms with Gasteiger partial charge in [0.15, 0.2) is 0 Å². The maximum absolute atomic E-state index is 4.03. The summed E-state index contributed by atoms with van der Waals surface area (Å²) in [7, 11) is 0. The molecule has 0 fully saturated rings. The van der Waals surface area contributed by atoms with Gasteiger partial charge in [-0.25, -0.2) is 0 Å². The SMILES string of the molecule is [c]1cccc2c(-c3ccncc3)csc12. The average molecular weight is 210 g/mol. The molecule has 2 heterocycles. The van der Waals surface area contributed by atoms with E-state index >= 15 is 0 Å². The summed E-state index contributed by atoms with van der Waals surface area (Å²) in [6.45, 7) is 0. The Kier molecular flexibility index (Phi) is 2.00. The Hall–Kier alpha value is -1.67. The number of hydrogen-bond acceptors (Lipinski definition) is 2. The summed E-state index contributed by atoms with van der Waals surface area (Å²) in [5.41, 5.74) is 2.49. The minimum absolute atomic E-state index is 1.21. The largest absolute Gasteiger partial charge is 0.265 e. The number of hydrogen-bond donors (Lipinski definition) is 0. The topological polar surface area (TPSA) is 12.9 Å². The van der Waals surface area contributed by atoms with Gasteiger partial charge < -0.3 is 0 Å². The second kappa shape index (κ2) is 3.48. The highest BCUT2D eigenvalue weighted by molar-refractivity contribution is 7.17. The molecule has 0 aliphatic rings. The Bertz CT molecular complexity index is 584. The maximum Gasteiger partial charge on any atom is 0.0428 e. The molecule has 3 aromatic rings. The van der Waals surface area contributed by atoms with Crippen LogP contribution in [0.25, 0.3) is 21.2 Å².